The fourth-order valence-electron chi connectivity index (χ4n) is 3.70. The van der Waals surface area contributed by atoms with E-state index in [1.165, 1.54) is 25.2 Å². The lowest BCUT2D eigenvalue weighted by Gasteiger charge is -2.22. The van der Waals surface area contributed by atoms with Gasteiger partial charge in [0.1, 0.15) is 11.5 Å². The minimum atomic E-state index is -4.60. The number of hydrogen-bond acceptors (Lipinski definition) is 4. The van der Waals surface area contributed by atoms with Crippen LogP contribution in [-0.4, -0.2) is 26.7 Å². The van der Waals surface area contributed by atoms with Crippen LogP contribution < -0.4 is 9.62 Å². The summed E-state index contributed by atoms with van der Waals surface area (Å²) < 4.78 is 77.1. The Morgan fingerprint density at radius 3 is 2.38 bits per heavy atom. The van der Waals surface area contributed by atoms with Crippen molar-refractivity contribution in [2.45, 2.75) is 45.3 Å². The molecule has 0 spiro atoms. The third-order valence-electron chi connectivity index (χ3n) is 6.01. The first kappa shape index (κ1) is 28.3. The summed E-state index contributed by atoms with van der Waals surface area (Å²) in [4.78, 5) is 16.6. The fraction of sp³-hybridized carbons (Fsp3) is 0.308. The number of nitrogens with one attached hydrogen (secondary N) is 1. The molecule has 2 aromatic carbocycles. The van der Waals surface area contributed by atoms with E-state index >= 15 is 0 Å². The SMILES string of the molecule is Cc1ccc(CCc2nc(C(F)(F)F)ccc2CNC(=O)C(C)c2ccc(N(C)S(=O)[O-])c(F)c2)cc1. The molecule has 2 unspecified atom stereocenters. The molecule has 0 aliphatic carbocycles. The van der Waals surface area contributed by atoms with Crippen LogP contribution in [0.4, 0.5) is 23.2 Å². The molecule has 0 aliphatic heterocycles. The first-order chi connectivity index (χ1) is 17.4. The van der Waals surface area contributed by atoms with Gasteiger partial charge in [-0.25, -0.2) is 9.37 Å². The van der Waals surface area contributed by atoms with E-state index in [2.05, 4.69) is 10.3 Å². The van der Waals surface area contributed by atoms with Crippen LogP contribution in [-0.2, 0) is 41.6 Å². The van der Waals surface area contributed by atoms with E-state index in [1.54, 1.807) is 6.92 Å². The highest BCUT2D eigenvalue weighted by Gasteiger charge is 2.33. The van der Waals surface area contributed by atoms with Crippen molar-refractivity contribution in [3.8, 4) is 0 Å². The molecule has 0 radical (unpaired) electrons. The summed E-state index contributed by atoms with van der Waals surface area (Å²) >= 11 is -2.66. The molecule has 0 saturated heterocycles. The van der Waals surface area contributed by atoms with E-state index in [-0.39, 0.29) is 24.3 Å². The number of alkyl halides is 3. The normalized spacial score (nSPS) is 13.2. The summed E-state index contributed by atoms with van der Waals surface area (Å²) in [6.45, 7) is 3.43. The third kappa shape index (κ3) is 7.36. The number of nitrogens with zero attached hydrogens (tertiary/aromatic N) is 2. The Hall–Kier alpha value is -3.31. The zero-order valence-electron chi connectivity index (χ0n) is 20.4. The smallest absolute Gasteiger partial charge is 0.433 e. The van der Waals surface area contributed by atoms with Crippen LogP contribution >= 0.6 is 0 Å². The fourth-order valence-corrected chi connectivity index (χ4v) is 4.01. The maximum atomic E-state index is 14.4. The number of anilines is 1. The standard InChI is InChI=1S/C26H27F4N3O3S/c1-16-4-6-18(7-5-16)8-11-22-20(10-13-24(32-22)26(28,29)30)15-31-25(34)17(2)19-9-12-23(21(27)14-19)33(3)37(35)36/h4-7,9-10,12-14,17H,8,11,15H2,1-3H3,(H,31,34)(H,35,36)/p-1. The minimum Gasteiger partial charge on any atom is -0.755 e. The summed E-state index contributed by atoms with van der Waals surface area (Å²) in [5.41, 5.74) is 1.84. The van der Waals surface area contributed by atoms with E-state index < -0.39 is 40.8 Å². The van der Waals surface area contributed by atoms with Crippen LogP contribution in [0.2, 0.25) is 0 Å². The highest BCUT2D eigenvalue weighted by Crippen LogP contribution is 2.29. The number of aryl methyl sites for hydroxylation is 3. The average molecular weight is 537 g/mol. The molecule has 37 heavy (non-hydrogen) atoms. The molecule has 2 atom stereocenters. The number of carbonyl (C=O) groups is 1. The van der Waals surface area contributed by atoms with Gasteiger partial charge in [-0.15, -0.1) is 0 Å². The second kappa shape index (κ2) is 11.8. The zero-order chi connectivity index (χ0) is 27.3. The molecule has 1 amide bonds. The second-order valence-corrected chi connectivity index (χ2v) is 9.63. The zero-order valence-corrected chi connectivity index (χ0v) is 21.3. The number of aromatic nitrogens is 1. The molecule has 1 N–H and O–H groups in total. The van der Waals surface area contributed by atoms with Crippen LogP contribution in [0.3, 0.4) is 0 Å². The average Bonchev–Trinajstić information content (AvgIpc) is 2.85. The number of carbonyl (C=O) groups excluding carboxylic acids is 1. The Balaban J connectivity index is 1.74. The van der Waals surface area contributed by atoms with Gasteiger partial charge in [-0.2, -0.15) is 13.2 Å². The molecule has 3 aromatic rings. The molecule has 0 saturated carbocycles. The number of pyridine rings is 1. The van der Waals surface area contributed by atoms with Crippen molar-refractivity contribution in [3.05, 3.63) is 94.1 Å². The van der Waals surface area contributed by atoms with Crippen molar-refractivity contribution < 1.29 is 31.1 Å². The van der Waals surface area contributed by atoms with Crippen LogP contribution in [0.15, 0.2) is 54.6 Å². The van der Waals surface area contributed by atoms with E-state index in [0.717, 1.165) is 27.6 Å². The monoisotopic (exact) mass is 536 g/mol. The van der Waals surface area contributed by atoms with Gasteiger partial charge < -0.3 is 14.2 Å². The van der Waals surface area contributed by atoms with Crippen LogP contribution in [0.5, 0.6) is 0 Å². The van der Waals surface area contributed by atoms with Gasteiger partial charge in [0.2, 0.25) is 5.91 Å². The number of rotatable bonds is 9. The molecular weight excluding hydrogens is 510 g/mol. The Bertz CT molecular complexity index is 1280. The summed E-state index contributed by atoms with van der Waals surface area (Å²) in [5.74, 6) is -2.09. The molecular formula is C26H26F4N3O3S-. The van der Waals surface area contributed by atoms with Crippen LogP contribution in [0.25, 0.3) is 0 Å². The Labute approximate surface area is 215 Å². The third-order valence-corrected chi connectivity index (χ3v) is 6.65. The van der Waals surface area contributed by atoms with E-state index in [0.29, 0.717) is 17.5 Å². The van der Waals surface area contributed by atoms with Gasteiger partial charge >= 0.3 is 6.18 Å². The van der Waals surface area contributed by atoms with E-state index in [4.69, 9.17) is 0 Å². The molecule has 198 valence electrons. The summed E-state index contributed by atoms with van der Waals surface area (Å²) in [7, 11) is 1.19. The quantitative estimate of drug-likeness (QED) is 0.309. The summed E-state index contributed by atoms with van der Waals surface area (Å²) in [6, 6.07) is 13.6. The topological polar surface area (TPSA) is 85.4 Å². The molecule has 0 fully saturated rings. The lowest BCUT2D eigenvalue weighted by molar-refractivity contribution is -0.141. The van der Waals surface area contributed by atoms with E-state index in [9.17, 15) is 31.1 Å². The summed E-state index contributed by atoms with van der Waals surface area (Å²) in [5, 5.41) is 2.68. The lowest BCUT2D eigenvalue weighted by atomic mass is 9.99. The van der Waals surface area contributed by atoms with Crippen LogP contribution in [0, 0.1) is 12.7 Å². The van der Waals surface area contributed by atoms with Gasteiger partial charge in [-0.05, 0) is 61.6 Å². The number of benzene rings is 2. The molecule has 6 nitrogen and oxygen atoms in total. The van der Waals surface area contributed by atoms with Crippen molar-refractivity contribution in [2.75, 3.05) is 11.4 Å². The largest absolute Gasteiger partial charge is 0.755 e. The highest BCUT2D eigenvalue weighted by molar-refractivity contribution is 7.80. The van der Waals surface area contributed by atoms with Gasteiger partial charge in [0.15, 0.2) is 0 Å². The van der Waals surface area contributed by atoms with E-state index in [1.807, 2.05) is 31.2 Å². The molecule has 1 heterocycles. The second-order valence-electron chi connectivity index (χ2n) is 8.65. The maximum absolute atomic E-state index is 14.4. The highest BCUT2D eigenvalue weighted by atomic mass is 32.2. The molecule has 1 aromatic heterocycles. The molecule has 11 heteroatoms. The summed E-state index contributed by atoms with van der Waals surface area (Å²) in [6.07, 6.45) is -3.88. The minimum absolute atomic E-state index is 0.0595. The van der Waals surface area contributed by atoms with Gasteiger partial charge in [0.05, 0.1) is 11.6 Å². The predicted octanol–water partition coefficient (Wildman–Crippen LogP) is 4.98. The first-order valence-electron chi connectivity index (χ1n) is 11.4. The van der Waals surface area contributed by atoms with Crippen molar-refractivity contribution in [2.24, 2.45) is 0 Å². The van der Waals surface area contributed by atoms with Crippen LogP contribution in [0.1, 0.15) is 46.5 Å². The first-order valence-corrected chi connectivity index (χ1v) is 12.4. The Morgan fingerprint density at radius 1 is 1.11 bits per heavy atom. The Morgan fingerprint density at radius 2 is 1.78 bits per heavy atom. The lowest BCUT2D eigenvalue weighted by Crippen LogP contribution is -2.28. The van der Waals surface area contributed by atoms with Gasteiger partial charge in [0.25, 0.3) is 0 Å². The maximum Gasteiger partial charge on any atom is 0.433 e. The molecule has 3 rings (SSSR count). The van der Waals surface area contributed by atoms with Gasteiger partial charge in [-0.3, -0.25) is 9.00 Å². The Kier molecular flexibility index (Phi) is 9.03. The number of hydrogen-bond donors (Lipinski definition) is 1. The van der Waals surface area contributed by atoms with Crippen molar-refractivity contribution in [1.29, 1.82) is 0 Å². The molecule has 0 bridgehead atoms. The predicted molar refractivity (Wildman–Crippen MR) is 132 cm³/mol. The number of amides is 1. The van der Waals surface area contributed by atoms with Crippen molar-refractivity contribution in [3.63, 3.8) is 0 Å². The van der Waals surface area contributed by atoms with Gasteiger partial charge in [0, 0.05) is 30.6 Å². The molecule has 0 aliphatic rings. The van der Waals surface area contributed by atoms with Crippen molar-refractivity contribution in [1.82, 2.24) is 10.3 Å². The number of halogens is 4. The van der Waals surface area contributed by atoms with Gasteiger partial charge in [-0.1, -0.05) is 42.0 Å². The van der Waals surface area contributed by atoms with Crippen molar-refractivity contribution >= 4 is 22.9 Å².